The fourth-order valence-corrected chi connectivity index (χ4v) is 5.99. The molecule has 0 saturated carbocycles. The Kier molecular flexibility index (Phi) is 7.68. The SMILES string of the molecule is CCOc1ccc(NC(=O)C(C)Sc2ccccc2Cl)cc1S(=O)(=O)N1CCCC1. The van der Waals surface area contributed by atoms with Crippen LogP contribution in [-0.2, 0) is 14.8 Å². The summed E-state index contributed by atoms with van der Waals surface area (Å²) in [6, 6.07) is 12.0. The van der Waals surface area contributed by atoms with Crippen LogP contribution in [-0.4, -0.2) is 43.6 Å². The first-order valence-corrected chi connectivity index (χ1v) is 12.5. The van der Waals surface area contributed by atoms with E-state index in [1.807, 2.05) is 18.2 Å². The number of halogens is 1. The summed E-state index contributed by atoms with van der Waals surface area (Å²) in [5, 5.41) is 2.98. The Morgan fingerprint density at radius 1 is 1.23 bits per heavy atom. The number of ether oxygens (including phenoxy) is 1. The Labute approximate surface area is 187 Å². The van der Waals surface area contributed by atoms with Crippen LogP contribution >= 0.6 is 23.4 Å². The molecule has 0 bridgehead atoms. The van der Waals surface area contributed by atoms with Crippen molar-refractivity contribution in [2.45, 2.75) is 41.7 Å². The largest absolute Gasteiger partial charge is 0.492 e. The number of benzene rings is 2. The number of nitrogens with one attached hydrogen (secondary N) is 1. The molecule has 1 amide bonds. The molecule has 3 rings (SSSR count). The maximum atomic E-state index is 13.1. The highest BCUT2D eigenvalue weighted by molar-refractivity contribution is 8.00. The summed E-state index contributed by atoms with van der Waals surface area (Å²) in [7, 11) is -3.69. The van der Waals surface area contributed by atoms with Gasteiger partial charge in [0.15, 0.2) is 0 Å². The molecule has 2 aromatic rings. The van der Waals surface area contributed by atoms with Gasteiger partial charge in [-0.25, -0.2) is 8.42 Å². The standard InChI is InChI=1S/C21H25ClN2O4S2/c1-3-28-18-11-10-16(14-20(18)30(26,27)24-12-6-7-13-24)23-21(25)15(2)29-19-9-5-4-8-17(19)22/h4-5,8-11,14-15H,3,6-7,12-13H2,1-2H3,(H,23,25). The van der Waals surface area contributed by atoms with Crippen molar-refractivity contribution >= 4 is 45.0 Å². The minimum absolute atomic E-state index is 0.0791. The molecule has 1 N–H and O–H groups in total. The molecule has 1 saturated heterocycles. The quantitative estimate of drug-likeness (QED) is 0.571. The molecule has 0 spiro atoms. The highest BCUT2D eigenvalue weighted by Crippen LogP contribution is 2.33. The lowest BCUT2D eigenvalue weighted by Gasteiger charge is -2.19. The molecule has 1 aliphatic heterocycles. The van der Waals surface area contributed by atoms with E-state index in [4.69, 9.17) is 16.3 Å². The third-order valence-corrected chi connectivity index (χ3v) is 8.24. The zero-order valence-corrected chi connectivity index (χ0v) is 19.3. The lowest BCUT2D eigenvalue weighted by Crippen LogP contribution is -2.28. The second-order valence-electron chi connectivity index (χ2n) is 6.89. The number of carbonyl (C=O) groups excluding carboxylic acids is 1. The van der Waals surface area contributed by atoms with Crippen LogP contribution in [0.2, 0.25) is 5.02 Å². The number of rotatable bonds is 8. The minimum Gasteiger partial charge on any atom is -0.492 e. The maximum absolute atomic E-state index is 13.1. The van der Waals surface area contributed by atoms with E-state index in [1.54, 1.807) is 32.0 Å². The van der Waals surface area contributed by atoms with Gasteiger partial charge in [-0.3, -0.25) is 4.79 Å². The fourth-order valence-electron chi connectivity index (χ4n) is 3.16. The van der Waals surface area contributed by atoms with E-state index in [-0.39, 0.29) is 10.8 Å². The molecule has 0 radical (unpaired) electrons. The van der Waals surface area contributed by atoms with Gasteiger partial charge in [-0.05, 0) is 57.0 Å². The van der Waals surface area contributed by atoms with Crippen LogP contribution in [0.5, 0.6) is 5.75 Å². The first-order chi connectivity index (χ1) is 14.3. The van der Waals surface area contributed by atoms with E-state index in [2.05, 4.69) is 5.32 Å². The first-order valence-electron chi connectivity index (χ1n) is 9.82. The van der Waals surface area contributed by atoms with Gasteiger partial charge in [0.2, 0.25) is 15.9 Å². The average Bonchev–Trinajstić information content (AvgIpc) is 3.26. The highest BCUT2D eigenvalue weighted by atomic mass is 35.5. The van der Waals surface area contributed by atoms with E-state index in [9.17, 15) is 13.2 Å². The van der Waals surface area contributed by atoms with Crippen LogP contribution < -0.4 is 10.1 Å². The summed E-state index contributed by atoms with van der Waals surface area (Å²) in [5.41, 5.74) is 0.410. The Balaban J connectivity index is 1.80. The van der Waals surface area contributed by atoms with Crippen LogP contribution in [0.1, 0.15) is 26.7 Å². The Morgan fingerprint density at radius 3 is 2.60 bits per heavy atom. The Hall–Kier alpha value is -1.74. The molecule has 1 aliphatic rings. The van der Waals surface area contributed by atoms with E-state index in [0.29, 0.717) is 36.2 Å². The van der Waals surface area contributed by atoms with Crippen LogP contribution in [0.15, 0.2) is 52.3 Å². The predicted octanol–water partition coefficient (Wildman–Crippen LogP) is 4.64. The lowest BCUT2D eigenvalue weighted by molar-refractivity contribution is -0.115. The number of hydrogen-bond donors (Lipinski definition) is 1. The molecule has 1 heterocycles. The Morgan fingerprint density at radius 2 is 1.93 bits per heavy atom. The minimum atomic E-state index is -3.69. The molecule has 0 aromatic heterocycles. The number of amides is 1. The predicted molar refractivity (Wildman–Crippen MR) is 121 cm³/mol. The monoisotopic (exact) mass is 468 g/mol. The van der Waals surface area contributed by atoms with Crippen molar-refractivity contribution in [3.63, 3.8) is 0 Å². The molecule has 1 atom stereocenters. The van der Waals surface area contributed by atoms with Gasteiger partial charge >= 0.3 is 0 Å². The van der Waals surface area contributed by atoms with Gasteiger partial charge in [-0.15, -0.1) is 11.8 Å². The van der Waals surface area contributed by atoms with Crippen LogP contribution in [0.3, 0.4) is 0 Å². The number of carbonyl (C=O) groups is 1. The molecule has 1 fully saturated rings. The second-order valence-corrected chi connectivity index (χ2v) is 10.6. The third-order valence-electron chi connectivity index (χ3n) is 4.70. The summed E-state index contributed by atoms with van der Waals surface area (Å²) in [5.74, 6) is 0.0505. The van der Waals surface area contributed by atoms with Crippen molar-refractivity contribution in [2.24, 2.45) is 0 Å². The summed E-state index contributed by atoms with van der Waals surface area (Å²) in [6.45, 7) is 4.92. The molecule has 9 heteroatoms. The smallest absolute Gasteiger partial charge is 0.246 e. The van der Waals surface area contributed by atoms with Crippen LogP contribution in [0.25, 0.3) is 0 Å². The summed E-state index contributed by atoms with van der Waals surface area (Å²) in [6.07, 6.45) is 1.69. The van der Waals surface area contributed by atoms with Gasteiger partial charge in [0.25, 0.3) is 0 Å². The molecule has 2 aromatic carbocycles. The molecule has 1 unspecified atom stereocenters. The van der Waals surface area contributed by atoms with Gasteiger partial charge < -0.3 is 10.1 Å². The zero-order valence-electron chi connectivity index (χ0n) is 16.9. The van der Waals surface area contributed by atoms with Crippen molar-refractivity contribution in [2.75, 3.05) is 25.0 Å². The molecule has 162 valence electrons. The lowest BCUT2D eigenvalue weighted by atomic mass is 10.3. The van der Waals surface area contributed by atoms with E-state index < -0.39 is 15.3 Å². The number of nitrogens with zero attached hydrogens (tertiary/aromatic N) is 1. The summed E-state index contributed by atoms with van der Waals surface area (Å²) in [4.78, 5) is 13.6. The van der Waals surface area contributed by atoms with Crippen molar-refractivity contribution in [1.29, 1.82) is 0 Å². The first kappa shape index (κ1) is 22.9. The summed E-state index contributed by atoms with van der Waals surface area (Å²) < 4.78 is 33.2. The zero-order chi connectivity index (χ0) is 21.7. The summed E-state index contributed by atoms with van der Waals surface area (Å²) >= 11 is 7.52. The van der Waals surface area contributed by atoms with Crippen LogP contribution in [0, 0.1) is 0 Å². The Bertz CT molecular complexity index is 1010. The number of thioether (sulfide) groups is 1. The van der Waals surface area contributed by atoms with Crippen molar-refractivity contribution in [3.8, 4) is 5.75 Å². The topological polar surface area (TPSA) is 75.7 Å². The van der Waals surface area contributed by atoms with Gasteiger partial charge in [-0.2, -0.15) is 4.31 Å². The van der Waals surface area contributed by atoms with E-state index in [1.165, 1.54) is 22.1 Å². The van der Waals surface area contributed by atoms with Crippen molar-refractivity contribution in [1.82, 2.24) is 4.31 Å². The van der Waals surface area contributed by atoms with Crippen molar-refractivity contribution in [3.05, 3.63) is 47.5 Å². The number of hydrogen-bond acceptors (Lipinski definition) is 5. The molecule has 30 heavy (non-hydrogen) atoms. The van der Waals surface area contributed by atoms with E-state index in [0.717, 1.165) is 17.7 Å². The molecule has 0 aliphatic carbocycles. The van der Waals surface area contributed by atoms with Crippen molar-refractivity contribution < 1.29 is 17.9 Å². The number of sulfonamides is 1. The van der Waals surface area contributed by atoms with Gasteiger partial charge in [0.05, 0.1) is 16.9 Å². The molecule has 6 nitrogen and oxygen atoms in total. The number of anilines is 1. The van der Waals surface area contributed by atoms with Gasteiger partial charge in [0, 0.05) is 23.7 Å². The normalized spacial score (nSPS) is 15.7. The molecular formula is C21H25ClN2O4S2. The van der Waals surface area contributed by atoms with E-state index >= 15 is 0 Å². The van der Waals surface area contributed by atoms with Crippen LogP contribution in [0.4, 0.5) is 5.69 Å². The average molecular weight is 469 g/mol. The fraction of sp³-hybridized carbons (Fsp3) is 0.381. The third kappa shape index (κ3) is 5.29. The molecular weight excluding hydrogens is 444 g/mol. The maximum Gasteiger partial charge on any atom is 0.246 e. The van der Waals surface area contributed by atoms with Gasteiger partial charge in [-0.1, -0.05) is 23.7 Å². The highest BCUT2D eigenvalue weighted by Gasteiger charge is 2.30. The second kappa shape index (κ2) is 10.0. The van der Waals surface area contributed by atoms with Gasteiger partial charge in [0.1, 0.15) is 10.6 Å².